The van der Waals surface area contributed by atoms with Crippen LogP contribution in [0.5, 0.6) is 0 Å². The number of nitrogens with one attached hydrogen (secondary N) is 1. The van der Waals surface area contributed by atoms with Gasteiger partial charge in [-0.3, -0.25) is 9.89 Å². The Hall–Kier alpha value is -2.24. The first kappa shape index (κ1) is 18.1. The van der Waals surface area contributed by atoms with Gasteiger partial charge in [-0.2, -0.15) is 5.10 Å². The fourth-order valence-corrected chi connectivity index (χ4v) is 4.45. The molecule has 1 aliphatic carbocycles. The van der Waals surface area contributed by atoms with Crippen LogP contribution in [0.2, 0.25) is 0 Å². The minimum absolute atomic E-state index is 0.0642. The number of aromatic nitrogens is 2. The summed E-state index contributed by atoms with van der Waals surface area (Å²) in [4.78, 5) is 14.3. The van der Waals surface area contributed by atoms with Gasteiger partial charge in [0.15, 0.2) is 5.67 Å². The minimum atomic E-state index is -1.68. The standard InChI is InChI=1S/C21H25F2N3O/c22-19-12-16(17-13-24-25-14-17)4-5-18(19)15-6-10-26(11-7-15)20(27)21(23)8-2-1-3-9-21/h4-5,12-15H,1-3,6-11H2,(H,24,25). The molecule has 2 aliphatic rings. The second kappa shape index (κ2) is 7.41. The van der Waals surface area contributed by atoms with Gasteiger partial charge in [0.05, 0.1) is 6.20 Å². The molecule has 0 spiro atoms. The molecule has 1 aromatic carbocycles. The van der Waals surface area contributed by atoms with Gasteiger partial charge < -0.3 is 4.90 Å². The van der Waals surface area contributed by atoms with E-state index in [1.165, 1.54) is 6.07 Å². The lowest BCUT2D eigenvalue weighted by Gasteiger charge is -2.38. The second-order valence-corrected chi connectivity index (χ2v) is 7.82. The summed E-state index contributed by atoms with van der Waals surface area (Å²) in [5, 5.41) is 6.62. The summed E-state index contributed by atoms with van der Waals surface area (Å²) in [7, 11) is 0. The maximum atomic E-state index is 15.0. The van der Waals surface area contributed by atoms with Crippen LogP contribution in [0, 0.1) is 5.82 Å². The third-order valence-corrected chi connectivity index (χ3v) is 6.08. The van der Waals surface area contributed by atoms with Gasteiger partial charge in [-0.05, 0) is 61.6 Å². The number of carbonyl (C=O) groups is 1. The third-order valence-electron chi connectivity index (χ3n) is 6.08. The number of H-pyrrole nitrogens is 1. The Kier molecular flexibility index (Phi) is 4.98. The van der Waals surface area contributed by atoms with Crippen molar-refractivity contribution in [2.75, 3.05) is 13.1 Å². The maximum Gasteiger partial charge on any atom is 0.260 e. The highest BCUT2D eigenvalue weighted by Crippen LogP contribution is 2.36. The van der Waals surface area contributed by atoms with E-state index in [2.05, 4.69) is 10.2 Å². The van der Waals surface area contributed by atoms with Crippen molar-refractivity contribution < 1.29 is 13.6 Å². The summed E-state index contributed by atoms with van der Waals surface area (Å²) in [5.41, 5.74) is 0.639. The maximum absolute atomic E-state index is 15.0. The Morgan fingerprint density at radius 1 is 1.15 bits per heavy atom. The molecule has 1 aromatic heterocycles. The quantitative estimate of drug-likeness (QED) is 0.855. The van der Waals surface area contributed by atoms with E-state index in [9.17, 15) is 13.6 Å². The fourth-order valence-electron chi connectivity index (χ4n) is 4.45. The van der Waals surface area contributed by atoms with Gasteiger partial charge >= 0.3 is 0 Å². The van der Waals surface area contributed by atoms with Crippen LogP contribution in [0.25, 0.3) is 11.1 Å². The van der Waals surface area contributed by atoms with Crippen molar-refractivity contribution in [1.29, 1.82) is 0 Å². The molecule has 6 heteroatoms. The van der Waals surface area contributed by atoms with Crippen molar-refractivity contribution in [2.24, 2.45) is 0 Å². The van der Waals surface area contributed by atoms with Crippen LogP contribution in [-0.2, 0) is 4.79 Å². The molecule has 1 saturated carbocycles. The highest BCUT2D eigenvalue weighted by molar-refractivity contribution is 5.85. The molecule has 27 heavy (non-hydrogen) atoms. The summed E-state index contributed by atoms with van der Waals surface area (Å²) in [6, 6.07) is 5.27. The van der Waals surface area contributed by atoms with E-state index in [1.807, 2.05) is 12.1 Å². The van der Waals surface area contributed by atoms with E-state index in [1.54, 1.807) is 17.3 Å². The first-order valence-corrected chi connectivity index (χ1v) is 9.84. The second-order valence-electron chi connectivity index (χ2n) is 7.82. The lowest BCUT2D eigenvalue weighted by Crippen LogP contribution is -2.49. The Morgan fingerprint density at radius 3 is 2.52 bits per heavy atom. The molecule has 1 saturated heterocycles. The summed E-state index contributed by atoms with van der Waals surface area (Å²) in [6.45, 7) is 0.996. The van der Waals surface area contributed by atoms with Crippen LogP contribution in [0.3, 0.4) is 0 Å². The van der Waals surface area contributed by atoms with Gasteiger partial charge in [0.2, 0.25) is 0 Å². The molecule has 0 bridgehead atoms. The number of piperidine rings is 1. The Labute approximate surface area is 158 Å². The Balaban J connectivity index is 1.41. The van der Waals surface area contributed by atoms with Gasteiger partial charge in [0.25, 0.3) is 5.91 Å². The molecule has 0 atom stereocenters. The molecule has 4 nitrogen and oxygen atoms in total. The smallest absolute Gasteiger partial charge is 0.260 e. The summed E-state index contributed by atoms with van der Waals surface area (Å²) in [5.74, 6) is -0.515. The summed E-state index contributed by atoms with van der Waals surface area (Å²) >= 11 is 0. The number of aromatic amines is 1. The molecule has 0 unspecified atom stereocenters. The van der Waals surface area contributed by atoms with Crippen LogP contribution in [0.15, 0.2) is 30.6 Å². The van der Waals surface area contributed by atoms with Crippen LogP contribution in [-0.4, -0.2) is 39.8 Å². The Morgan fingerprint density at radius 2 is 1.89 bits per heavy atom. The van der Waals surface area contributed by atoms with Gasteiger partial charge in [0, 0.05) is 24.8 Å². The van der Waals surface area contributed by atoms with E-state index in [0.29, 0.717) is 44.3 Å². The van der Waals surface area contributed by atoms with Crippen LogP contribution in [0.1, 0.15) is 56.4 Å². The van der Waals surface area contributed by atoms with Crippen LogP contribution < -0.4 is 0 Å². The van der Waals surface area contributed by atoms with Crippen molar-refractivity contribution in [2.45, 2.75) is 56.5 Å². The average molecular weight is 373 g/mol. The molecule has 4 rings (SSSR count). The molecule has 0 radical (unpaired) electrons. The number of hydrogen-bond acceptors (Lipinski definition) is 2. The molecule has 1 aliphatic heterocycles. The molecule has 2 aromatic rings. The number of halogens is 2. The average Bonchev–Trinajstić information content (AvgIpc) is 3.23. The molecule has 1 N–H and O–H groups in total. The van der Waals surface area contributed by atoms with E-state index < -0.39 is 5.67 Å². The molecule has 2 fully saturated rings. The van der Waals surface area contributed by atoms with E-state index >= 15 is 0 Å². The SMILES string of the molecule is O=C(N1CCC(c2ccc(-c3cn[nH]c3)cc2F)CC1)C1(F)CCCCC1. The molecular formula is C21H25F2N3O. The van der Waals surface area contributed by atoms with E-state index in [4.69, 9.17) is 0 Å². The molecule has 2 heterocycles. The van der Waals surface area contributed by atoms with E-state index in [-0.39, 0.29) is 17.6 Å². The fraction of sp³-hybridized carbons (Fsp3) is 0.524. The summed E-state index contributed by atoms with van der Waals surface area (Å²) in [6.07, 6.45) is 8.00. The zero-order valence-corrected chi connectivity index (χ0v) is 15.4. The number of likely N-dealkylation sites (tertiary alicyclic amines) is 1. The summed E-state index contributed by atoms with van der Waals surface area (Å²) < 4.78 is 29.6. The Bertz CT molecular complexity index is 792. The van der Waals surface area contributed by atoms with Gasteiger partial charge in [-0.25, -0.2) is 8.78 Å². The number of benzene rings is 1. The van der Waals surface area contributed by atoms with Crippen molar-refractivity contribution in [3.8, 4) is 11.1 Å². The van der Waals surface area contributed by atoms with Crippen molar-refractivity contribution >= 4 is 5.91 Å². The first-order valence-electron chi connectivity index (χ1n) is 9.84. The van der Waals surface area contributed by atoms with Gasteiger partial charge in [0.1, 0.15) is 5.82 Å². The number of nitrogens with zero attached hydrogens (tertiary/aromatic N) is 2. The zero-order chi connectivity index (χ0) is 18.9. The highest BCUT2D eigenvalue weighted by Gasteiger charge is 2.43. The number of carbonyl (C=O) groups excluding carboxylic acids is 1. The van der Waals surface area contributed by atoms with Crippen LogP contribution in [0.4, 0.5) is 8.78 Å². The third kappa shape index (κ3) is 3.62. The topological polar surface area (TPSA) is 49.0 Å². The lowest BCUT2D eigenvalue weighted by molar-refractivity contribution is -0.147. The monoisotopic (exact) mass is 373 g/mol. The normalized spacial score (nSPS) is 20.6. The number of rotatable bonds is 3. The van der Waals surface area contributed by atoms with Crippen molar-refractivity contribution in [3.05, 3.63) is 42.0 Å². The van der Waals surface area contributed by atoms with Crippen LogP contribution >= 0.6 is 0 Å². The largest absolute Gasteiger partial charge is 0.340 e. The van der Waals surface area contributed by atoms with Crippen molar-refractivity contribution in [1.82, 2.24) is 15.1 Å². The minimum Gasteiger partial charge on any atom is -0.340 e. The lowest BCUT2D eigenvalue weighted by atomic mass is 9.83. The molecule has 144 valence electrons. The van der Waals surface area contributed by atoms with Gasteiger partial charge in [-0.15, -0.1) is 0 Å². The number of alkyl halides is 1. The zero-order valence-electron chi connectivity index (χ0n) is 15.4. The number of amides is 1. The van der Waals surface area contributed by atoms with Gasteiger partial charge in [-0.1, -0.05) is 18.6 Å². The predicted octanol–water partition coefficient (Wildman–Crippen LogP) is 4.59. The van der Waals surface area contributed by atoms with E-state index in [0.717, 1.165) is 30.4 Å². The molecule has 1 amide bonds. The highest BCUT2D eigenvalue weighted by atomic mass is 19.1. The molecular weight excluding hydrogens is 348 g/mol. The predicted molar refractivity (Wildman–Crippen MR) is 99.5 cm³/mol. The van der Waals surface area contributed by atoms with Crippen molar-refractivity contribution in [3.63, 3.8) is 0 Å². The number of hydrogen-bond donors (Lipinski definition) is 1. The first-order chi connectivity index (χ1) is 13.1.